The van der Waals surface area contributed by atoms with Crippen LogP contribution in [0.15, 0.2) is 53.5 Å². The normalized spacial score (nSPS) is 23.6. The molecule has 0 amide bonds. The van der Waals surface area contributed by atoms with Gasteiger partial charge in [-0.15, -0.1) is 9.24 Å². The van der Waals surface area contributed by atoms with Crippen molar-refractivity contribution < 1.29 is 4.74 Å². The molecule has 4 rings (SSSR count). The maximum absolute atomic E-state index is 6.13. The van der Waals surface area contributed by atoms with Gasteiger partial charge in [-0.2, -0.15) is 0 Å². The molecule has 2 aliphatic rings. The van der Waals surface area contributed by atoms with Crippen LogP contribution in [0.5, 0.6) is 0 Å². The molecule has 2 nitrogen and oxygen atoms in total. The van der Waals surface area contributed by atoms with Gasteiger partial charge in [0.2, 0.25) is 5.90 Å². The van der Waals surface area contributed by atoms with Crippen molar-refractivity contribution in [1.82, 2.24) is 0 Å². The molecule has 2 aromatic carbocycles. The quantitative estimate of drug-likeness (QED) is 0.736. The van der Waals surface area contributed by atoms with Crippen LogP contribution in [-0.2, 0) is 11.2 Å². The van der Waals surface area contributed by atoms with Gasteiger partial charge in [-0.1, -0.05) is 42.5 Å². The first-order chi connectivity index (χ1) is 9.83. The molecule has 0 aromatic heterocycles. The highest BCUT2D eigenvalue weighted by Crippen LogP contribution is 2.39. The fraction of sp³-hybridized carbons (Fsp3) is 0.235. The molecule has 0 N–H and O–H groups in total. The molecule has 0 radical (unpaired) electrons. The van der Waals surface area contributed by atoms with Crippen molar-refractivity contribution in [2.24, 2.45) is 4.99 Å². The molecule has 3 atom stereocenters. The number of hydrogen-bond acceptors (Lipinski definition) is 2. The van der Waals surface area contributed by atoms with Gasteiger partial charge in [0.25, 0.3) is 0 Å². The van der Waals surface area contributed by atoms with Gasteiger partial charge >= 0.3 is 0 Å². The number of aryl methyl sites for hydroxylation is 1. The summed E-state index contributed by atoms with van der Waals surface area (Å²) in [5.74, 6) is 0.794. The summed E-state index contributed by atoms with van der Waals surface area (Å²) >= 11 is 0. The molecular weight excluding hydrogens is 265 g/mol. The molecule has 1 unspecified atom stereocenters. The second kappa shape index (κ2) is 4.71. The maximum Gasteiger partial charge on any atom is 0.217 e. The minimum absolute atomic E-state index is 0.166. The van der Waals surface area contributed by atoms with E-state index in [1.54, 1.807) is 0 Å². The van der Waals surface area contributed by atoms with Gasteiger partial charge in [0.05, 0.1) is 0 Å². The molecule has 2 aromatic rings. The van der Waals surface area contributed by atoms with Crippen molar-refractivity contribution in [3.05, 3.63) is 65.2 Å². The zero-order valence-corrected chi connectivity index (χ0v) is 12.3. The summed E-state index contributed by atoms with van der Waals surface area (Å²) in [7, 11) is 2.76. The van der Waals surface area contributed by atoms with E-state index in [2.05, 4.69) is 45.6 Å². The summed E-state index contributed by atoms with van der Waals surface area (Å²) in [4.78, 5) is 4.86. The SMILES string of the molecule is Pc1ccccc1C1=N[C@@H]2c3ccccc3CC[C@@H]2O1. The zero-order valence-electron chi connectivity index (χ0n) is 11.1. The summed E-state index contributed by atoms with van der Waals surface area (Å²) in [6.45, 7) is 0. The van der Waals surface area contributed by atoms with Gasteiger partial charge < -0.3 is 4.74 Å². The summed E-state index contributed by atoms with van der Waals surface area (Å²) in [5, 5.41) is 1.14. The Hall–Kier alpha value is -1.66. The monoisotopic (exact) mass is 281 g/mol. The Labute approximate surface area is 121 Å². The molecule has 0 saturated heterocycles. The second-order valence-electron chi connectivity index (χ2n) is 5.36. The molecule has 0 fully saturated rings. The summed E-state index contributed by atoms with van der Waals surface area (Å²) < 4.78 is 6.13. The number of rotatable bonds is 1. The number of fused-ring (bicyclic) bond motifs is 3. The van der Waals surface area contributed by atoms with E-state index in [9.17, 15) is 0 Å². The van der Waals surface area contributed by atoms with Crippen LogP contribution < -0.4 is 5.30 Å². The van der Waals surface area contributed by atoms with Crippen LogP contribution in [0.4, 0.5) is 0 Å². The van der Waals surface area contributed by atoms with E-state index in [1.807, 2.05) is 12.1 Å². The van der Waals surface area contributed by atoms with Crippen molar-refractivity contribution >= 4 is 20.4 Å². The second-order valence-corrected chi connectivity index (χ2v) is 5.98. The van der Waals surface area contributed by atoms with Gasteiger partial charge in [0.1, 0.15) is 12.1 Å². The van der Waals surface area contributed by atoms with Crippen molar-refractivity contribution in [3.63, 3.8) is 0 Å². The van der Waals surface area contributed by atoms with Gasteiger partial charge in [0.15, 0.2) is 0 Å². The largest absolute Gasteiger partial charge is 0.471 e. The third kappa shape index (κ3) is 1.87. The van der Waals surface area contributed by atoms with Crippen molar-refractivity contribution in [3.8, 4) is 0 Å². The molecule has 0 spiro atoms. The molecule has 0 bridgehead atoms. The topological polar surface area (TPSA) is 21.6 Å². The van der Waals surface area contributed by atoms with Gasteiger partial charge in [-0.25, -0.2) is 4.99 Å². The molecule has 0 saturated carbocycles. The fourth-order valence-electron chi connectivity index (χ4n) is 3.11. The molecular formula is C17H16NOP. The number of aliphatic imine (C=N–C) groups is 1. The number of nitrogens with zero attached hydrogens (tertiary/aromatic N) is 1. The average molecular weight is 281 g/mol. The van der Waals surface area contributed by atoms with Crippen LogP contribution in [0, 0.1) is 0 Å². The third-order valence-electron chi connectivity index (χ3n) is 4.13. The van der Waals surface area contributed by atoms with Crippen LogP contribution in [0.1, 0.15) is 29.2 Å². The standard InChI is InChI=1S/C17H16NOP/c20-15-8-4-3-7-13(15)17-18-16-12-6-2-1-5-11(12)9-10-14(16)19-17/h1-8,14,16H,9-10,20H2/t14-,16+/m0/s1. The van der Waals surface area contributed by atoms with E-state index in [1.165, 1.54) is 11.1 Å². The third-order valence-corrected chi connectivity index (χ3v) is 4.64. The Morgan fingerprint density at radius 3 is 2.75 bits per heavy atom. The Kier molecular flexibility index (Phi) is 2.85. The van der Waals surface area contributed by atoms with E-state index in [0.29, 0.717) is 0 Å². The van der Waals surface area contributed by atoms with Gasteiger partial charge in [-0.05, 0) is 35.3 Å². The Bertz CT molecular complexity index is 695. The Balaban J connectivity index is 1.76. The predicted octanol–water partition coefficient (Wildman–Crippen LogP) is 3.02. The summed E-state index contributed by atoms with van der Waals surface area (Å²) in [6, 6.07) is 17.0. The number of hydrogen-bond donors (Lipinski definition) is 0. The summed E-state index contributed by atoms with van der Waals surface area (Å²) in [5.41, 5.74) is 3.84. The smallest absolute Gasteiger partial charge is 0.217 e. The first-order valence-electron chi connectivity index (χ1n) is 7.00. The van der Waals surface area contributed by atoms with Crippen LogP contribution in [-0.4, -0.2) is 12.0 Å². The van der Waals surface area contributed by atoms with Gasteiger partial charge in [0, 0.05) is 5.56 Å². The molecule has 20 heavy (non-hydrogen) atoms. The molecule has 1 aliphatic heterocycles. The first-order valence-corrected chi connectivity index (χ1v) is 7.58. The van der Waals surface area contributed by atoms with Gasteiger partial charge in [-0.3, -0.25) is 0 Å². The van der Waals surface area contributed by atoms with E-state index < -0.39 is 0 Å². The number of benzene rings is 2. The minimum atomic E-state index is 0.166. The van der Waals surface area contributed by atoms with Crippen molar-refractivity contribution in [1.29, 1.82) is 0 Å². The highest BCUT2D eigenvalue weighted by molar-refractivity contribution is 7.27. The molecule has 100 valence electrons. The molecule has 3 heteroatoms. The van der Waals surface area contributed by atoms with E-state index in [0.717, 1.165) is 29.6 Å². The van der Waals surface area contributed by atoms with Crippen LogP contribution in [0.3, 0.4) is 0 Å². The summed E-state index contributed by atoms with van der Waals surface area (Å²) in [6.07, 6.45) is 2.33. The Morgan fingerprint density at radius 2 is 1.85 bits per heavy atom. The highest BCUT2D eigenvalue weighted by Gasteiger charge is 2.36. The first kappa shape index (κ1) is 12.1. The van der Waals surface area contributed by atoms with E-state index in [-0.39, 0.29) is 12.1 Å². The van der Waals surface area contributed by atoms with Crippen molar-refractivity contribution in [2.75, 3.05) is 0 Å². The lowest BCUT2D eigenvalue weighted by molar-refractivity contribution is 0.175. The predicted molar refractivity (Wildman–Crippen MR) is 84.7 cm³/mol. The zero-order chi connectivity index (χ0) is 13.5. The highest BCUT2D eigenvalue weighted by atomic mass is 31.0. The number of ether oxygens (including phenoxy) is 1. The lowest BCUT2D eigenvalue weighted by atomic mass is 9.86. The lowest BCUT2D eigenvalue weighted by Gasteiger charge is -2.25. The molecule has 1 aliphatic carbocycles. The Morgan fingerprint density at radius 1 is 1.05 bits per heavy atom. The lowest BCUT2D eigenvalue weighted by Crippen LogP contribution is -2.23. The fourth-order valence-corrected chi connectivity index (χ4v) is 3.44. The van der Waals surface area contributed by atoms with E-state index >= 15 is 0 Å². The minimum Gasteiger partial charge on any atom is -0.471 e. The molecule has 1 heterocycles. The van der Waals surface area contributed by atoms with Crippen LogP contribution >= 0.6 is 9.24 Å². The van der Waals surface area contributed by atoms with E-state index in [4.69, 9.17) is 9.73 Å². The maximum atomic E-state index is 6.13. The average Bonchev–Trinajstić information content (AvgIpc) is 2.92. The van der Waals surface area contributed by atoms with Crippen molar-refractivity contribution in [2.45, 2.75) is 25.0 Å². The van der Waals surface area contributed by atoms with Crippen LogP contribution in [0.25, 0.3) is 0 Å². The van der Waals surface area contributed by atoms with Crippen LogP contribution in [0.2, 0.25) is 0 Å².